The predicted octanol–water partition coefficient (Wildman–Crippen LogP) is 10.5. The second-order valence-electron chi connectivity index (χ2n) is 11.3. The molecule has 0 aliphatic carbocycles. The van der Waals surface area contributed by atoms with E-state index in [2.05, 4.69) is 166 Å². The Morgan fingerprint density at radius 3 is 2.44 bits per heavy atom. The fourth-order valence-corrected chi connectivity index (χ4v) is 5.83. The van der Waals surface area contributed by atoms with Crippen molar-refractivity contribution < 1.29 is 0 Å². The number of dihydropyridines is 1. The van der Waals surface area contributed by atoms with E-state index < -0.39 is 0 Å². The van der Waals surface area contributed by atoms with Gasteiger partial charge in [0.15, 0.2) is 0 Å². The molecule has 2 heterocycles. The van der Waals surface area contributed by atoms with Gasteiger partial charge in [-0.25, -0.2) is 4.98 Å². The number of aryl methyl sites for hydroxylation is 1. The molecule has 0 saturated heterocycles. The summed E-state index contributed by atoms with van der Waals surface area (Å²) in [6, 6.07) is 32.2. The average molecular weight is 590 g/mol. The van der Waals surface area contributed by atoms with Gasteiger partial charge in [0, 0.05) is 12.4 Å². The largest absolute Gasteiger partial charge is 0.394 e. The van der Waals surface area contributed by atoms with Crippen LogP contribution in [0.5, 0.6) is 0 Å². The van der Waals surface area contributed by atoms with Crippen LogP contribution in [0.3, 0.4) is 0 Å². The van der Waals surface area contributed by atoms with E-state index in [1.165, 1.54) is 21.9 Å². The van der Waals surface area contributed by atoms with Crippen LogP contribution < -0.4 is 5.32 Å². The molecule has 0 amide bonds. The van der Waals surface area contributed by atoms with Gasteiger partial charge in [-0.2, -0.15) is 0 Å². The number of para-hydroxylation sites is 1. The maximum Gasteiger partial charge on any atom is 0.0767 e. The van der Waals surface area contributed by atoms with Crippen molar-refractivity contribution in [1.29, 1.82) is 0 Å². The third kappa shape index (κ3) is 7.93. The summed E-state index contributed by atoms with van der Waals surface area (Å²) >= 11 is 0. The number of fused-ring (bicyclic) bond motifs is 2. The highest BCUT2D eigenvalue weighted by atomic mass is 14.8. The van der Waals surface area contributed by atoms with E-state index >= 15 is 0 Å². The third-order valence-corrected chi connectivity index (χ3v) is 8.09. The summed E-state index contributed by atoms with van der Waals surface area (Å²) in [5.41, 5.74) is 8.91. The molecule has 0 spiro atoms. The van der Waals surface area contributed by atoms with E-state index in [0.29, 0.717) is 0 Å². The summed E-state index contributed by atoms with van der Waals surface area (Å²) in [6.45, 7) is 6.45. The van der Waals surface area contributed by atoms with E-state index in [-0.39, 0.29) is 6.04 Å². The Bertz CT molecular complexity index is 1880. The molecule has 4 aromatic rings. The van der Waals surface area contributed by atoms with Crippen LogP contribution in [0.2, 0.25) is 0 Å². The topological polar surface area (TPSA) is 37.3 Å². The molecule has 0 bridgehead atoms. The Balaban J connectivity index is 1.45. The minimum Gasteiger partial charge on any atom is -0.394 e. The summed E-state index contributed by atoms with van der Waals surface area (Å²) in [5.74, 6) is 0. The average Bonchev–Trinajstić information content (AvgIpc) is 3.08. The number of nitrogens with zero attached hydrogens (tertiary/aromatic N) is 2. The Morgan fingerprint density at radius 1 is 0.911 bits per heavy atom. The lowest BCUT2D eigenvalue weighted by Crippen LogP contribution is -2.16. The molecular weight excluding hydrogens is 546 g/mol. The molecule has 1 aliphatic heterocycles. The van der Waals surface area contributed by atoms with E-state index in [0.717, 1.165) is 58.3 Å². The van der Waals surface area contributed by atoms with Gasteiger partial charge in [-0.05, 0) is 95.8 Å². The molecule has 1 aromatic heterocycles. The zero-order valence-corrected chi connectivity index (χ0v) is 26.9. The highest BCUT2D eigenvalue weighted by Gasteiger charge is 2.16. The molecule has 3 heteroatoms. The van der Waals surface area contributed by atoms with Crippen molar-refractivity contribution in [1.82, 2.24) is 10.3 Å². The van der Waals surface area contributed by atoms with Crippen molar-refractivity contribution in [2.75, 3.05) is 7.05 Å². The molecule has 1 unspecified atom stereocenters. The molecule has 3 nitrogen and oxygen atoms in total. The summed E-state index contributed by atoms with van der Waals surface area (Å²) in [6.07, 6.45) is 20.2. The zero-order chi connectivity index (χ0) is 31.4. The summed E-state index contributed by atoms with van der Waals surface area (Å²) < 4.78 is 0. The van der Waals surface area contributed by atoms with Crippen molar-refractivity contribution in [2.24, 2.45) is 4.99 Å². The molecule has 1 N–H and O–H groups in total. The standard InChI is InChI=1S/C42H43N3/c1-5-14-32(33-26-28-35(29-27-33)40-24-13-25-41(45-40)36(15-6-2)30-43-4)17-11-19-37-20-12-18-34-16-7-8-21-38(34)31(3)39-22-9-10-23-42(39)44-37/h5,7-14,16-24,26-30,41,43H,6,15,25H2,1-4H3/b14-5-,18-12?,19-11+,20-12?,32-17+,34-18?,36-30+,37-20?,38-31?,39-31?,44-37?,44-42?. The fraction of sp³-hybridized carbons (Fsp3) is 0.190. The number of benzene rings is 3. The molecule has 0 saturated carbocycles. The van der Waals surface area contributed by atoms with Crippen LogP contribution in [0.1, 0.15) is 55.5 Å². The molecule has 0 radical (unpaired) electrons. The molecule has 1 aliphatic rings. The monoisotopic (exact) mass is 589 g/mol. The van der Waals surface area contributed by atoms with E-state index in [9.17, 15) is 0 Å². The Kier molecular flexibility index (Phi) is 10.9. The second kappa shape index (κ2) is 15.6. The van der Waals surface area contributed by atoms with Crippen LogP contribution in [0.4, 0.5) is 0 Å². The summed E-state index contributed by atoms with van der Waals surface area (Å²) in [4.78, 5) is 10.2. The smallest absolute Gasteiger partial charge is 0.0767 e. The molecule has 45 heavy (non-hydrogen) atoms. The summed E-state index contributed by atoms with van der Waals surface area (Å²) in [7, 11) is 1.96. The molecule has 0 fully saturated rings. The van der Waals surface area contributed by atoms with Crippen LogP contribution in [0.15, 0.2) is 144 Å². The molecule has 5 rings (SSSR count). The van der Waals surface area contributed by atoms with Gasteiger partial charge < -0.3 is 5.32 Å². The van der Waals surface area contributed by atoms with E-state index in [4.69, 9.17) is 9.98 Å². The first-order valence-electron chi connectivity index (χ1n) is 16.0. The van der Waals surface area contributed by atoms with Crippen LogP contribution in [-0.4, -0.2) is 23.8 Å². The minimum atomic E-state index is 0.195. The van der Waals surface area contributed by atoms with Crippen molar-refractivity contribution >= 4 is 39.0 Å². The first-order valence-corrected chi connectivity index (χ1v) is 16.0. The molecule has 1 atom stereocenters. The molecule has 3 aromatic carbocycles. The normalized spacial score (nSPS) is 15.6. The molecule has 226 valence electrons. The number of rotatable bonds is 9. The highest BCUT2D eigenvalue weighted by Crippen LogP contribution is 2.25. The van der Waals surface area contributed by atoms with E-state index in [1.54, 1.807) is 0 Å². The lowest BCUT2D eigenvalue weighted by atomic mass is 9.95. The summed E-state index contributed by atoms with van der Waals surface area (Å²) in [5, 5.41) is 6.78. The van der Waals surface area contributed by atoms with Gasteiger partial charge in [0.2, 0.25) is 0 Å². The molecular formula is C42H43N3. The lowest BCUT2D eigenvalue weighted by molar-refractivity contribution is 0.709. The Labute approximate surface area is 268 Å². The van der Waals surface area contributed by atoms with Crippen LogP contribution in [0.25, 0.3) is 33.3 Å². The van der Waals surface area contributed by atoms with Gasteiger partial charge in [0.05, 0.1) is 23.0 Å². The minimum absolute atomic E-state index is 0.195. The maximum absolute atomic E-state index is 5.12. The van der Waals surface area contributed by atoms with Gasteiger partial charge in [0.1, 0.15) is 0 Å². The lowest BCUT2D eigenvalue weighted by Gasteiger charge is -2.20. The van der Waals surface area contributed by atoms with Crippen LogP contribution in [-0.2, 0) is 0 Å². The first-order chi connectivity index (χ1) is 22.1. The van der Waals surface area contributed by atoms with Crippen LogP contribution >= 0.6 is 0 Å². The van der Waals surface area contributed by atoms with Crippen molar-refractivity contribution in [3.63, 3.8) is 0 Å². The van der Waals surface area contributed by atoms with Gasteiger partial charge in [-0.1, -0.05) is 123 Å². The van der Waals surface area contributed by atoms with Gasteiger partial charge in [-0.3, -0.25) is 4.99 Å². The maximum atomic E-state index is 5.12. The zero-order valence-electron chi connectivity index (χ0n) is 26.9. The number of aliphatic imine (C=N–C) groups is 1. The van der Waals surface area contributed by atoms with Gasteiger partial charge >= 0.3 is 0 Å². The van der Waals surface area contributed by atoms with Crippen molar-refractivity contribution in [3.05, 3.63) is 162 Å². The predicted molar refractivity (Wildman–Crippen MR) is 196 cm³/mol. The number of hydrogen-bond donors (Lipinski definition) is 1. The Morgan fingerprint density at radius 2 is 1.67 bits per heavy atom. The number of nitrogens with one attached hydrogen (secondary N) is 1. The SMILES string of the molecule is C\C=C/C(=C\C=C\c1cccc2ccccc2c(C)c2ccccc2n1)c1ccc(C2=NC(/C(=C/NC)CCC)CC=C2)cc1. The number of hydrogen-bond acceptors (Lipinski definition) is 3. The van der Waals surface area contributed by atoms with Gasteiger partial charge in [0.25, 0.3) is 0 Å². The van der Waals surface area contributed by atoms with Crippen molar-refractivity contribution in [2.45, 2.75) is 46.1 Å². The van der Waals surface area contributed by atoms with E-state index in [1.807, 2.05) is 7.05 Å². The Hall–Kier alpha value is -5.02. The number of aromatic nitrogens is 1. The second-order valence-corrected chi connectivity index (χ2v) is 11.3. The first kappa shape index (κ1) is 31.4. The van der Waals surface area contributed by atoms with Gasteiger partial charge in [-0.15, -0.1) is 0 Å². The highest BCUT2D eigenvalue weighted by molar-refractivity contribution is 6.09. The third-order valence-electron chi connectivity index (χ3n) is 8.09. The van der Waals surface area contributed by atoms with Crippen LogP contribution in [0, 0.1) is 6.92 Å². The fourth-order valence-electron chi connectivity index (χ4n) is 5.83. The quantitative estimate of drug-likeness (QED) is 0.197. The number of allylic oxidation sites excluding steroid dienone is 6. The van der Waals surface area contributed by atoms with Crippen molar-refractivity contribution in [3.8, 4) is 0 Å².